The van der Waals surface area contributed by atoms with E-state index in [1.165, 1.54) is 5.57 Å². The zero-order chi connectivity index (χ0) is 19.6. The largest absolute Gasteiger partial charge is 0.316 e. The summed E-state index contributed by atoms with van der Waals surface area (Å²) in [5.74, 6) is 0.882. The molecular formula is C22H20ClN5S. The van der Waals surface area contributed by atoms with Crippen molar-refractivity contribution in [2.45, 2.75) is 19.3 Å². The van der Waals surface area contributed by atoms with Gasteiger partial charge in [-0.15, -0.1) is 11.3 Å². The molecule has 0 atom stereocenters. The normalized spacial score (nSPS) is 16.9. The van der Waals surface area contributed by atoms with Crippen LogP contribution < -0.4 is 5.32 Å². The third-order valence-corrected chi connectivity index (χ3v) is 6.37. The number of allylic oxidation sites excluding steroid dienone is 1. The van der Waals surface area contributed by atoms with Crippen LogP contribution in [0.15, 0.2) is 55.0 Å². The summed E-state index contributed by atoms with van der Waals surface area (Å²) >= 11 is 7.81. The average molecular weight is 422 g/mol. The lowest BCUT2D eigenvalue weighted by Gasteiger charge is -2.10. The van der Waals surface area contributed by atoms with E-state index < -0.39 is 0 Å². The fraction of sp³-hybridized carbons (Fsp3) is 0.227. The van der Waals surface area contributed by atoms with E-state index in [1.807, 2.05) is 42.7 Å². The maximum atomic E-state index is 6.11. The second-order valence-corrected chi connectivity index (χ2v) is 8.48. The van der Waals surface area contributed by atoms with Gasteiger partial charge in [-0.2, -0.15) is 0 Å². The van der Waals surface area contributed by atoms with Gasteiger partial charge in [0, 0.05) is 23.1 Å². The van der Waals surface area contributed by atoms with Gasteiger partial charge in [-0.1, -0.05) is 17.7 Å². The standard InChI is InChI=1S/C22H20ClN5S/c23-16-5-7-17(8-6-16)28-19-13-25-12-9-18(19)27-21(28)20-14-26-22(29-20)15-3-1-10-24-11-2-4-15/h3,5-9,12-14,24H,1-2,4,10-11H2/b15-3-. The number of imidazole rings is 1. The lowest BCUT2D eigenvalue weighted by atomic mass is 10.1. The molecule has 0 radical (unpaired) electrons. The van der Waals surface area contributed by atoms with E-state index in [2.05, 4.69) is 20.9 Å². The zero-order valence-electron chi connectivity index (χ0n) is 15.8. The van der Waals surface area contributed by atoms with E-state index in [1.54, 1.807) is 17.5 Å². The number of hydrogen-bond donors (Lipinski definition) is 1. The number of aromatic nitrogens is 4. The van der Waals surface area contributed by atoms with Gasteiger partial charge in [-0.25, -0.2) is 9.97 Å². The van der Waals surface area contributed by atoms with E-state index in [-0.39, 0.29) is 0 Å². The van der Waals surface area contributed by atoms with Crippen molar-refractivity contribution in [3.05, 3.63) is 65.0 Å². The lowest BCUT2D eigenvalue weighted by Crippen LogP contribution is -2.17. The summed E-state index contributed by atoms with van der Waals surface area (Å²) in [5.41, 5.74) is 4.23. The van der Waals surface area contributed by atoms with Crippen LogP contribution in [0.3, 0.4) is 0 Å². The predicted octanol–water partition coefficient (Wildman–Crippen LogP) is 5.35. The van der Waals surface area contributed by atoms with Crippen molar-refractivity contribution in [2.75, 3.05) is 13.1 Å². The quantitative estimate of drug-likeness (QED) is 0.484. The summed E-state index contributed by atoms with van der Waals surface area (Å²) in [7, 11) is 0. The summed E-state index contributed by atoms with van der Waals surface area (Å²) in [6.07, 6.45) is 11.1. The van der Waals surface area contributed by atoms with Crippen molar-refractivity contribution in [2.24, 2.45) is 0 Å². The van der Waals surface area contributed by atoms with Crippen LogP contribution in [-0.2, 0) is 0 Å². The summed E-state index contributed by atoms with van der Waals surface area (Å²) < 4.78 is 2.13. The van der Waals surface area contributed by atoms with Gasteiger partial charge in [-0.05, 0) is 68.3 Å². The first-order valence-corrected chi connectivity index (χ1v) is 10.9. The number of benzene rings is 1. The Bertz CT molecular complexity index is 1180. The Balaban J connectivity index is 1.61. The minimum absolute atomic E-state index is 0.712. The Hall–Kier alpha value is -2.54. The number of fused-ring (bicyclic) bond motifs is 1. The summed E-state index contributed by atoms with van der Waals surface area (Å²) in [5, 5.41) is 5.25. The number of nitrogens with one attached hydrogen (secondary N) is 1. The summed E-state index contributed by atoms with van der Waals surface area (Å²) in [4.78, 5) is 15.0. The van der Waals surface area contributed by atoms with Gasteiger partial charge >= 0.3 is 0 Å². The third-order valence-electron chi connectivity index (χ3n) is 5.05. The van der Waals surface area contributed by atoms with Crippen molar-refractivity contribution in [3.8, 4) is 16.4 Å². The number of halogens is 1. The van der Waals surface area contributed by atoms with Crippen molar-refractivity contribution >= 4 is 39.5 Å². The maximum Gasteiger partial charge on any atom is 0.157 e. The van der Waals surface area contributed by atoms with Gasteiger partial charge in [-0.3, -0.25) is 9.55 Å². The van der Waals surface area contributed by atoms with E-state index in [0.29, 0.717) is 5.02 Å². The summed E-state index contributed by atoms with van der Waals surface area (Å²) in [6.45, 7) is 2.09. The zero-order valence-corrected chi connectivity index (χ0v) is 17.4. The van der Waals surface area contributed by atoms with Gasteiger partial charge < -0.3 is 5.32 Å². The Kier molecular flexibility index (Phi) is 5.14. The molecule has 29 heavy (non-hydrogen) atoms. The van der Waals surface area contributed by atoms with Crippen molar-refractivity contribution in [3.63, 3.8) is 0 Å². The van der Waals surface area contributed by atoms with Crippen molar-refractivity contribution in [1.82, 2.24) is 24.8 Å². The molecule has 0 saturated carbocycles. The Morgan fingerprint density at radius 3 is 2.86 bits per heavy atom. The highest BCUT2D eigenvalue weighted by molar-refractivity contribution is 7.16. The molecule has 146 valence electrons. The van der Waals surface area contributed by atoms with Gasteiger partial charge in [0.05, 0.1) is 22.1 Å². The number of thiazole rings is 1. The van der Waals surface area contributed by atoms with Crippen LogP contribution in [0, 0.1) is 0 Å². The molecule has 7 heteroatoms. The van der Waals surface area contributed by atoms with Crippen molar-refractivity contribution < 1.29 is 0 Å². The number of hydrogen-bond acceptors (Lipinski definition) is 5. The molecule has 0 spiro atoms. The Morgan fingerprint density at radius 2 is 1.97 bits per heavy atom. The molecule has 0 amide bonds. The smallest absolute Gasteiger partial charge is 0.157 e. The van der Waals surface area contributed by atoms with E-state index >= 15 is 0 Å². The molecule has 5 nitrogen and oxygen atoms in total. The van der Waals surface area contributed by atoms with Crippen molar-refractivity contribution in [1.29, 1.82) is 0 Å². The Morgan fingerprint density at radius 1 is 1.07 bits per heavy atom. The van der Waals surface area contributed by atoms with Gasteiger partial charge in [0.1, 0.15) is 5.01 Å². The minimum Gasteiger partial charge on any atom is -0.316 e. The van der Waals surface area contributed by atoms with E-state index in [9.17, 15) is 0 Å². The monoisotopic (exact) mass is 421 g/mol. The molecule has 1 aliphatic rings. The van der Waals surface area contributed by atoms with Crippen LogP contribution in [0.5, 0.6) is 0 Å². The molecule has 0 aliphatic carbocycles. The molecule has 0 unspecified atom stereocenters. The van der Waals surface area contributed by atoms with Crippen LogP contribution >= 0.6 is 22.9 Å². The van der Waals surface area contributed by atoms with Crippen LogP contribution in [0.1, 0.15) is 24.3 Å². The summed E-state index contributed by atoms with van der Waals surface area (Å²) in [6, 6.07) is 9.75. The number of pyridine rings is 1. The maximum absolute atomic E-state index is 6.11. The molecule has 0 saturated heterocycles. The second kappa shape index (κ2) is 8.06. The van der Waals surface area contributed by atoms with E-state index in [0.717, 1.165) is 64.8 Å². The average Bonchev–Trinajstić information content (AvgIpc) is 3.33. The molecule has 4 heterocycles. The first-order chi connectivity index (χ1) is 14.3. The number of nitrogens with zero attached hydrogens (tertiary/aromatic N) is 4. The molecule has 1 aromatic carbocycles. The fourth-order valence-corrected chi connectivity index (χ4v) is 4.73. The SMILES string of the molecule is Clc1ccc(-n2c(-c3cnc(/C4=C\CCNCCC4)s3)nc3ccncc32)cc1. The molecule has 0 bridgehead atoms. The van der Waals surface area contributed by atoms with Crippen LogP contribution in [-0.4, -0.2) is 32.6 Å². The predicted molar refractivity (Wildman–Crippen MR) is 120 cm³/mol. The van der Waals surface area contributed by atoms with Gasteiger partial charge in [0.25, 0.3) is 0 Å². The lowest BCUT2D eigenvalue weighted by molar-refractivity contribution is 0.650. The fourth-order valence-electron chi connectivity index (χ4n) is 3.64. The topological polar surface area (TPSA) is 55.6 Å². The first-order valence-electron chi connectivity index (χ1n) is 9.74. The van der Waals surface area contributed by atoms with E-state index in [4.69, 9.17) is 21.6 Å². The van der Waals surface area contributed by atoms with Gasteiger partial charge in [0.2, 0.25) is 0 Å². The molecule has 4 aromatic rings. The second-order valence-electron chi connectivity index (χ2n) is 7.01. The molecule has 1 aliphatic heterocycles. The van der Waals surface area contributed by atoms with Gasteiger partial charge in [0.15, 0.2) is 5.82 Å². The highest BCUT2D eigenvalue weighted by Crippen LogP contribution is 2.35. The molecule has 5 rings (SSSR count). The highest BCUT2D eigenvalue weighted by atomic mass is 35.5. The first kappa shape index (κ1) is 18.5. The molecule has 0 fully saturated rings. The van der Waals surface area contributed by atoms with Crippen LogP contribution in [0.4, 0.5) is 0 Å². The van der Waals surface area contributed by atoms with Crippen LogP contribution in [0.25, 0.3) is 33.0 Å². The Labute approximate surface area is 178 Å². The van der Waals surface area contributed by atoms with Crippen LogP contribution in [0.2, 0.25) is 5.02 Å². The third kappa shape index (κ3) is 3.71. The number of rotatable bonds is 3. The minimum atomic E-state index is 0.712. The molecule has 1 N–H and O–H groups in total. The highest BCUT2D eigenvalue weighted by Gasteiger charge is 2.18. The molecule has 3 aromatic heterocycles. The molecular weight excluding hydrogens is 402 g/mol.